The first-order chi connectivity index (χ1) is 15.0. The maximum Gasteiger partial charge on any atom is 0.358 e. The molecule has 3 aromatic rings. The van der Waals surface area contributed by atoms with Crippen LogP contribution in [0.25, 0.3) is 0 Å². The van der Waals surface area contributed by atoms with Crippen LogP contribution in [0.3, 0.4) is 0 Å². The molecule has 0 N–H and O–H groups in total. The Morgan fingerprint density at radius 3 is 2.39 bits per heavy atom. The molecule has 0 saturated carbocycles. The van der Waals surface area contributed by atoms with Crippen molar-refractivity contribution in [2.75, 3.05) is 6.61 Å². The van der Waals surface area contributed by atoms with Gasteiger partial charge in [0.25, 0.3) is 5.56 Å². The Bertz CT molecular complexity index is 1040. The first-order valence-electron chi connectivity index (χ1n) is 10.4. The van der Waals surface area contributed by atoms with Crippen LogP contribution in [0, 0.1) is 13.8 Å². The molecule has 0 aliphatic carbocycles. The minimum atomic E-state index is -0.518. The number of aryl methyl sites for hydroxylation is 1. The lowest BCUT2D eigenvalue weighted by Crippen LogP contribution is -2.26. The molecule has 7 nitrogen and oxygen atoms in total. The minimum absolute atomic E-state index is 0.139. The molecule has 2 aromatic heterocycles. The molecule has 0 aliphatic rings. The largest absolute Gasteiger partial charge is 0.488 e. The molecule has 0 bridgehead atoms. The van der Waals surface area contributed by atoms with Gasteiger partial charge in [0.1, 0.15) is 12.4 Å². The fraction of sp³-hybridized carbons (Fsp3) is 0.333. The fourth-order valence-electron chi connectivity index (χ4n) is 2.83. The number of hydrogen-bond acceptors (Lipinski definition) is 6. The number of benzene rings is 1. The molecule has 7 heteroatoms. The maximum absolute atomic E-state index is 12.8. The quantitative estimate of drug-likeness (QED) is 0.533. The molecule has 0 amide bonds. The van der Waals surface area contributed by atoms with E-state index >= 15 is 0 Å². The van der Waals surface area contributed by atoms with Crippen molar-refractivity contribution >= 4 is 5.97 Å². The van der Waals surface area contributed by atoms with Crippen molar-refractivity contribution in [1.29, 1.82) is 0 Å². The molecule has 0 unspecified atom stereocenters. The van der Waals surface area contributed by atoms with Gasteiger partial charge in [-0.25, -0.2) is 9.78 Å². The van der Waals surface area contributed by atoms with Gasteiger partial charge in [-0.05, 0) is 32.4 Å². The van der Waals surface area contributed by atoms with Gasteiger partial charge in [-0.2, -0.15) is 0 Å². The molecule has 31 heavy (non-hydrogen) atoms. The summed E-state index contributed by atoms with van der Waals surface area (Å²) >= 11 is 0. The van der Waals surface area contributed by atoms with Gasteiger partial charge in [-0.1, -0.05) is 44.2 Å². The van der Waals surface area contributed by atoms with Crippen LogP contribution in [-0.2, 0) is 17.9 Å². The Labute approximate surface area is 182 Å². The smallest absolute Gasteiger partial charge is 0.358 e. The molecule has 1 aromatic carbocycles. The summed E-state index contributed by atoms with van der Waals surface area (Å²) in [5.74, 6) is 0.0482. The van der Waals surface area contributed by atoms with Crippen molar-refractivity contribution in [3.05, 3.63) is 87.4 Å². The molecule has 164 valence electrons. The third kappa shape index (κ3) is 6.25. The van der Waals surface area contributed by atoms with Gasteiger partial charge in [0, 0.05) is 5.69 Å². The van der Waals surface area contributed by atoms with E-state index in [4.69, 9.17) is 9.47 Å². The summed E-state index contributed by atoms with van der Waals surface area (Å²) in [6, 6.07) is 11.6. The summed E-state index contributed by atoms with van der Waals surface area (Å²) in [6.07, 6.45) is 2.84. The average Bonchev–Trinajstić information content (AvgIpc) is 2.81. The number of hydrogen-bond donors (Lipinski definition) is 0. The van der Waals surface area contributed by atoms with E-state index in [2.05, 4.69) is 9.97 Å². The van der Waals surface area contributed by atoms with Crippen molar-refractivity contribution in [1.82, 2.24) is 14.5 Å². The van der Waals surface area contributed by atoms with Gasteiger partial charge in [-0.3, -0.25) is 9.78 Å². The monoisotopic (exact) mass is 423 g/mol. The topological polar surface area (TPSA) is 83.3 Å². The summed E-state index contributed by atoms with van der Waals surface area (Å²) < 4.78 is 12.4. The number of esters is 1. The summed E-state index contributed by atoms with van der Waals surface area (Å²) in [5.41, 5.74) is 2.87. The lowest BCUT2D eigenvalue weighted by atomic mass is 10.2. The van der Waals surface area contributed by atoms with Crippen LogP contribution in [0.2, 0.25) is 0 Å². The Hall–Kier alpha value is -3.48. The first-order valence-corrected chi connectivity index (χ1v) is 10.4. The van der Waals surface area contributed by atoms with Crippen molar-refractivity contribution in [2.45, 2.75) is 47.8 Å². The molecule has 0 aliphatic heterocycles. The van der Waals surface area contributed by atoms with Crippen LogP contribution in [0.4, 0.5) is 0 Å². The van der Waals surface area contributed by atoms with E-state index in [1.807, 2.05) is 57.2 Å². The van der Waals surface area contributed by atoms with Gasteiger partial charge in [-0.15, -0.1) is 0 Å². The van der Waals surface area contributed by atoms with Crippen LogP contribution in [0.15, 0.2) is 53.6 Å². The van der Waals surface area contributed by atoms with Gasteiger partial charge < -0.3 is 14.0 Å². The SMILES string of the molecule is CC.CCOC(=O)c1cnc(Cn2c(C)cc(OCc3ccccc3)c(C)c2=O)cn1. The first kappa shape index (κ1) is 23.8. The zero-order valence-corrected chi connectivity index (χ0v) is 18.7. The number of carbonyl (C=O) groups excluding carboxylic acids is 1. The summed E-state index contributed by atoms with van der Waals surface area (Å²) in [7, 11) is 0. The van der Waals surface area contributed by atoms with E-state index in [1.54, 1.807) is 18.4 Å². The number of nitrogens with zero attached hydrogens (tertiary/aromatic N) is 3. The second-order valence-electron chi connectivity index (χ2n) is 6.55. The van der Waals surface area contributed by atoms with Crippen molar-refractivity contribution < 1.29 is 14.3 Å². The van der Waals surface area contributed by atoms with Crippen LogP contribution in [0.1, 0.15) is 53.8 Å². The van der Waals surface area contributed by atoms with Crippen molar-refractivity contribution in [3.8, 4) is 5.75 Å². The van der Waals surface area contributed by atoms with Gasteiger partial charge in [0.15, 0.2) is 5.69 Å². The zero-order valence-electron chi connectivity index (χ0n) is 18.7. The molecular weight excluding hydrogens is 394 g/mol. The highest BCUT2D eigenvalue weighted by Crippen LogP contribution is 2.18. The van der Waals surface area contributed by atoms with Gasteiger partial charge in [0.05, 0.1) is 36.8 Å². The predicted molar refractivity (Wildman–Crippen MR) is 119 cm³/mol. The third-order valence-electron chi connectivity index (χ3n) is 4.45. The van der Waals surface area contributed by atoms with Crippen LogP contribution >= 0.6 is 0 Å². The Balaban J connectivity index is 0.00000166. The minimum Gasteiger partial charge on any atom is -0.488 e. The van der Waals surface area contributed by atoms with E-state index in [-0.39, 0.29) is 24.4 Å². The second kappa shape index (κ2) is 11.6. The Kier molecular flexibility index (Phi) is 8.94. The lowest BCUT2D eigenvalue weighted by molar-refractivity contribution is 0.0519. The zero-order chi connectivity index (χ0) is 22.8. The predicted octanol–water partition coefficient (Wildman–Crippen LogP) is 4.09. The highest BCUT2D eigenvalue weighted by molar-refractivity contribution is 5.86. The van der Waals surface area contributed by atoms with E-state index in [0.29, 0.717) is 23.6 Å². The summed E-state index contributed by atoms with van der Waals surface area (Å²) in [5, 5.41) is 0. The van der Waals surface area contributed by atoms with Crippen molar-refractivity contribution in [3.63, 3.8) is 0 Å². The summed E-state index contributed by atoms with van der Waals surface area (Å²) in [6.45, 7) is 10.2. The number of pyridine rings is 1. The number of rotatable bonds is 7. The molecule has 2 heterocycles. The highest BCUT2D eigenvalue weighted by Gasteiger charge is 2.13. The Morgan fingerprint density at radius 2 is 1.77 bits per heavy atom. The second-order valence-corrected chi connectivity index (χ2v) is 6.55. The lowest BCUT2D eigenvalue weighted by Gasteiger charge is -2.15. The molecular formula is C24H29N3O4. The van der Waals surface area contributed by atoms with E-state index in [0.717, 1.165) is 11.3 Å². The average molecular weight is 424 g/mol. The standard InChI is InChI=1S/C22H23N3O4.C2H6/c1-4-28-22(27)19-12-23-18(11-24-19)13-25-15(2)10-20(16(3)21(25)26)29-14-17-8-6-5-7-9-17;1-2/h5-12H,4,13-14H2,1-3H3;1-2H3. The van der Waals surface area contributed by atoms with E-state index < -0.39 is 5.97 Å². The number of carbonyl (C=O) groups is 1. The number of aromatic nitrogens is 3. The van der Waals surface area contributed by atoms with Crippen molar-refractivity contribution in [2.24, 2.45) is 0 Å². The molecule has 0 radical (unpaired) electrons. The fourth-order valence-corrected chi connectivity index (χ4v) is 2.83. The molecule has 0 atom stereocenters. The van der Waals surface area contributed by atoms with Gasteiger partial charge >= 0.3 is 5.97 Å². The molecule has 0 fully saturated rings. The van der Waals surface area contributed by atoms with Crippen LogP contribution < -0.4 is 10.3 Å². The molecule has 0 spiro atoms. The Morgan fingerprint density at radius 1 is 1.06 bits per heavy atom. The number of ether oxygens (including phenoxy) is 2. The van der Waals surface area contributed by atoms with Crippen LogP contribution in [0.5, 0.6) is 5.75 Å². The van der Waals surface area contributed by atoms with Gasteiger partial charge in [0.2, 0.25) is 0 Å². The highest BCUT2D eigenvalue weighted by atomic mass is 16.5. The third-order valence-corrected chi connectivity index (χ3v) is 4.45. The van der Waals surface area contributed by atoms with Crippen LogP contribution in [-0.4, -0.2) is 27.1 Å². The maximum atomic E-state index is 12.8. The van der Waals surface area contributed by atoms with E-state index in [9.17, 15) is 9.59 Å². The van der Waals surface area contributed by atoms with E-state index in [1.165, 1.54) is 12.4 Å². The molecule has 0 saturated heterocycles. The summed E-state index contributed by atoms with van der Waals surface area (Å²) in [4.78, 5) is 32.8. The normalized spacial score (nSPS) is 10.1. The molecule has 3 rings (SSSR count).